The maximum atomic E-state index is 13.6. The van der Waals surface area contributed by atoms with Crippen LogP contribution in [-0.2, 0) is 0 Å². The Morgan fingerprint density at radius 1 is 1.44 bits per heavy atom. The Hall–Kier alpha value is -2.57. The van der Waals surface area contributed by atoms with Crippen LogP contribution in [-0.4, -0.2) is 22.2 Å². The highest BCUT2D eigenvalue weighted by Gasteiger charge is 2.06. The van der Waals surface area contributed by atoms with E-state index in [1.807, 2.05) is 0 Å². The van der Waals surface area contributed by atoms with Gasteiger partial charge in [0.2, 0.25) is 11.8 Å². The molecule has 0 bridgehead atoms. The number of methoxy groups -OCH3 is 1. The van der Waals surface area contributed by atoms with Crippen LogP contribution < -0.4 is 15.6 Å². The molecule has 1 heterocycles. The van der Waals surface area contributed by atoms with E-state index in [9.17, 15) is 9.18 Å². The van der Waals surface area contributed by atoms with E-state index in [1.54, 1.807) is 6.07 Å². The zero-order chi connectivity index (χ0) is 13.1. The van der Waals surface area contributed by atoms with E-state index in [4.69, 9.17) is 9.84 Å². The highest BCUT2D eigenvalue weighted by atomic mass is 19.1. The lowest BCUT2D eigenvalue weighted by Gasteiger charge is -2.07. The van der Waals surface area contributed by atoms with Crippen LogP contribution >= 0.6 is 0 Å². The number of anilines is 2. The Bertz CT molecular complexity index is 627. The summed E-state index contributed by atoms with van der Waals surface area (Å²) < 4.78 is 18.5. The summed E-state index contributed by atoms with van der Waals surface area (Å²) in [6.45, 7) is 0. The number of nitrogens with zero attached hydrogens (tertiary/aromatic N) is 1. The maximum Gasteiger partial charge on any atom is 0.256 e. The Morgan fingerprint density at radius 3 is 2.83 bits per heavy atom. The maximum absolute atomic E-state index is 13.6. The molecule has 0 unspecified atom stereocenters. The summed E-state index contributed by atoms with van der Waals surface area (Å²) in [6, 6.07) is 5.07. The fraction of sp³-hybridized carbons (Fsp3) is 0.0909. The van der Waals surface area contributed by atoms with Crippen LogP contribution in [0.25, 0.3) is 0 Å². The third kappa shape index (κ3) is 2.57. The summed E-state index contributed by atoms with van der Waals surface area (Å²) in [4.78, 5) is 17.0. The average Bonchev–Trinajstić information content (AvgIpc) is 2.30. The first-order chi connectivity index (χ1) is 8.58. The number of nitrogens with one attached hydrogen (secondary N) is 2. The lowest BCUT2D eigenvalue weighted by atomic mass is 10.3. The van der Waals surface area contributed by atoms with Crippen molar-refractivity contribution in [1.29, 1.82) is 0 Å². The van der Waals surface area contributed by atoms with E-state index in [-0.39, 0.29) is 11.6 Å². The van der Waals surface area contributed by atoms with Crippen LogP contribution in [0, 0.1) is 5.82 Å². The van der Waals surface area contributed by atoms with Gasteiger partial charge in [-0.3, -0.25) is 9.78 Å². The van der Waals surface area contributed by atoms with Crippen LogP contribution in [0.2, 0.25) is 0 Å². The molecule has 3 N–H and O–H groups in total. The molecule has 0 saturated carbocycles. The molecule has 1 aromatic carbocycles. The van der Waals surface area contributed by atoms with Crippen molar-refractivity contribution < 1.29 is 14.2 Å². The van der Waals surface area contributed by atoms with E-state index in [0.717, 1.165) is 6.07 Å². The Morgan fingerprint density at radius 2 is 2.22 bits per heavy atom. The SMILES string of the molecule is COc1ccc(Nc2nc(O)cc(=O)[nH]2)c(F)c1. The van der Waals surface area contributed by atoms with E-state index in [1.165, 1.54) is 19.2 Å². The number of halogens is 1. The molecule has 18 heavy (non-hydrogen) atoms. The van der Waals surface area contributed by atoms with Crippen molar-refractivity contribution in [2.45, 2.75) is 0 Å². The number of aromatic nitrogens is 2. The minimum atomic E-state index is -0.569. The van der Waals surface area contributed by atoms with Crippen molar-refractivity contribution in [3.8, 4) is 11.6 Å². The molecule has 1 aromatic heterocycles. The molecule has 0 amide bonds. The van der Waals surface area contributed by atoms with E-state index < -0.39 is 17.3 Å². The third-order valence-electron chi connectivity index (χ3n) is 2.16. The van der Waals surface area contributed by atoms with Crippen LogP contribution in [0.3, 0.4) is 0 Å². The summed E-state index contributed by atoms with van der Waals surface area (Å²) in [5, 5.41) is 11.7. The molecule has 2 aromatic rings. The van der Waals surface area contributed by atoms with Crippen molar-refractivity contribution in [2.75, 3.05) is 12.4 Å². The van der Waals surface area contributed by atoms with E-state index >= 15 is 0 Å². The second kappa shape index (κ2) is 4.74. The first-order valence-corrected chi connectivity index (χ1v) is 4.99. The number of H-pyrrole nitrogens is 1. The zero-order valence-electron chi connectivity index (χ0n) is 9.40. The first kappa shape index (κ1) is 11.9. The van der Waals surface area contributed by atoms with Crippen LogP contribution in [0.4, 0.5) is 16.0 Å². The van der Waals surface area contributed by atoms with Crippen molar-refractivity contribution in [3.05, 3.63) is 40.4 Å². The third-order valence-corrected chi connectivity index (χ3v) is 2.16. The topological polar surface area (TPSA) is 87.2 Å². The number of hydrogen-bond donors (Lipinski definition) is 3. The van der Waals surface area contributed by atoms with E-state index in [2.05, 4.69) is 15.3 Å². The van der Waals surface area contributed by atoms with Gasteiger partial charge in [-0.2, -0.15) is 4.98 Å². The minimum Gasteiger partial charge on any atom is -0.497 e. The Kier molecular flexibility index (Phi) is 3.13. The van der Waals surface area contributed by atoms with Gasteiger partial charge < -0.3 is 15.2 Å². The summed E-state index contributed by atoms with van der Waals surface area (Å²) >= 11 is 0. The normalized spacial score (nSPS) is 10.1. The largest absolute Gasteiger partial charge is 0.497 e. The number of aromatic hydroxyl groups is 1. The van der Waals surface area contributed by atoms with Crippen LogP contribution in [0.15, 0.2) is 29.1 Å². The predicted octanol–water partition coefficient (Wildman–Crippen LogP) is 1.37. The van der Waals surface area contributed by atoms with Gasteiger partial charge in [0.05, 0.1) is 18.9 Å². The highest BCUT2D eigenvalue weighted by molar-refractivity contribution is 5.55. The minimum absolute atomic E-state index is 0.0518. The summed E-state index contributed by atoms with van der Waals surface area (Å²) in [6.07, 6.45) is 0. The molecule has 6 nitrogen and oxygen atoms in total. The van der Waals surface area contributed by atoms with Crippen molar-refractivity contribution >= 4 is 11.6 Å². The standard InChI is InChI=1S/C11H10FN3O3/c1-18-6-2-3-8(7(12)4-6)13-11-14-9(16)5-10(17)15-11/h2-5H,1H3,(H3,13,14,15,16,17). The van der Waals surface area contributed by atoms with Gasteiger partial charge >= 0.3 is 0 Å². The fourth-order valence-electron chi connectivity index (χ4n) is 1.36. The molecule has 94 valence electrons. The molecule has 0 aliphatic heterocycles. The molecule has 0 fully saturated rings. The van der Waals surface area contributed by atoms with Crippen LogP contribution in [0.5, 0.6) is 11.6 Å². The van der Waals surface area contributed by atoms with Crippen molar-refractivity contribution in [3.63, 3.8) is 0 Å². The van der Waals surface area contributed by atoms with Gasteiger partial charge in [-0.1, -0.05) is 0 Å². The van der Waals surface area contributed by atoms with Gasteiger partial charge in [0, 0.05) is 6.07 Å². The van der Waals surface area contributed by atoms with Gasteiger partial charge in [-0.25, -0.2) is 4.39 Å². The lowest BCUT2D eigenvalue weighted by molar-refractivity contribution is 0.411. The molecule has 0 aliphatic carbocycles. The van der Waals surface area contributed by atoms with Gasteiger partial charge in [0.15, 0.2) is 0 Å². The smallest absolute Gasteiger partial charge is 0.256 e. The quantitative estimate of drug-likeness (QED) is 0.766. The second-order valence-electron chi connectivity index (χ2n) is 3.42. The van der Waals surface area contributed by atoms with Gasteiger partial charge in [-0.05, 0) is 12.1 Å². The second-order valence-corrected chi connectivity index (χ2v) is 3.42. The Labute approximate surface area is 101 Å². The number of rotatable bonds is 3. The van der Waals surface area contributed by atoms with Gasteiger partial charge in [-0.15, -0.1) is 0 Å². The molecule has 0 spiro atoms. The average molecular weight is 251 g/mol. The molecular formula is C11H10FN3O3. The summed E-state index contributed by atoms with van der Waals surface area (Å²) in [7, 11) is 1.43. The summed E-state index contributed by atoms with van der Waals surface area (Å²) in [5.74, 6) is -0.699. The first-order valence-electron chi connectivity index (χ1n) is 4.99. The zero-order valence-corrected chi connectivity index (χ0v) is 9.40. The molecule has 2 rings (SSSR count). The van der Waals surface area contributed by atoms with Gasteiger partial charge in [0.25, 0.3) is 5.56 Å². The summed E-state index contributed by atoms with van der Waals surface area (Å²) in [5.41, 5.74) is -0.441. The molecule has 0 saturated heterocycles. The molecular weight excluding hydrogens is 241 g/mol. The molecule has 0 radical (unpaired) electrons. The number of ether oxygens (including phenoxy) is 1. The molecule has 7 heteroatoms. The lowest BCUT2D eigenvalue weighted by Crippen LogP contribution is -2.09. The van der Waals surface area contributed by atoms with Gasteiger partial charge in [0.1, 0.15) is 11.6 Å². The molecule has 0 aliphatic rings. The number of benzene rings is 1. The molecule has 0 atom stereocenters. The number of hydrogen-bond acceptors (Lipinski definition) is 5. The van der Waals surface area contributed by atoms with Crippen molar-refractivity contribution in [2.24, 2.45) is 0 Å². The predicted molar refractivity (Wildman–Crippen MR) is 62.8 cm³/mol. The number of aromatic amines is 1. The van der Waals surface area contributed by atoms with E-state index in [0.29, 0.717) is 5.75 Å². The highest BCUT2D eigenvalue weighted by Crippen LogP contribution is 2.22. The van der Waals surface area contributed by atoms with Crippen molar-refractivity contribution in [1.82, 2.24) is 9.97 Å². The van der Waals surface area contributed by atoms with Crippen LogP contribution in [0.1, 0.15) is 0 Å². The fourth-order valence-corrected chi connectivity index (χ4v) is 1.36. The Balaban J connectivity index is 2.31. The monoisotopic (exact) mass is 251 g/mol.